The first-order valence-corrected chi connectivity index (χ1v) is 8.00. The molecule has 1 aliphatic carbocycles. The van der Waals surface area contributed by atoms with Gasteiger partial charge in [-0.15, -0.1) is 0 Å². The first-order chi connectivity index (χ1) is 9.32. The maximum Gasteiger partial charge on any atom is 0.220 e. The summed E-state index contributed by atoms with van der Waals surface area (Å²) in [5.41, 5.74) is 5.86. The molecule has 20 heavy (non-hydrogen) atoms. The van der Waals surface area contributed by atoms with Crippen LogP contribution in [0, 0.1) is 11.3 Å². The first-order valence-electron chi connectivity index (χ1n) is 8.00. The van der Waals surface area contributed by atoms with Crippen LogP contribution in [0.2, 0.25) is 0 Å². The molecule has 0 radical (unpaired) electrons. The van der Waals surface area contributed by atoms with Crippen LogP contribution in [-0.2, 0) is 4.79 Å². The van der Waals surface area contributed by atoms with E-state index in [1.165, 1.54) is 0 Å². The lowest BCUT2D eigenvalue weighted by Crippen LogP contribution is -2.40. The van der Waals surface area contributed by atoms with Crippen LogP contribution in [0.4, 0.5) is 0 Å². The van der Waals surface area contributed by atoms with Gasteiger partial charge in [-0.2, -0.15) is 0 Å². The predicted octanol–water partition coefficient (Wildman–Crippen LogP) is 2.20. The van der Waals surface area contributed by atoms with Crippen LogP contribution in [0.3, 0.4) is 0 Å². The monoisotopic (exact) mass is 284 g/mol. The molecule has 4 heteroatoms. The highest BCUT2D eigenvalue weighted by atomic mass is 16.3. The second-order valence-electron chi connectivity index (χ2n) is 7.26. The maximum absolute atomic E-state index is 12.0. The van der Waals surface area contributed by atoms with Gasteiger partial charge in [0.2, 0.25) is 5.91 Å². The van der Waals surface area contributed by atoms with Crippen LogP contribution in [0.5, 0.6) is 0 Å². The largest absolute Gasteiger partial charge is 0.393 e. The summed E-state index contributed by atoms with van der Waals surface area (Å²) < 4.78 is 0. The minimum Gasteiger partial charge on any atom is -0.393 e. The standard InChI is InChI=1S/C16H32N2O2/c1-16(2,3)12(9-10-17)7-8-15(20)18-13-5-4-6-14(19)11-13/h12-14,19H,4-11,17H2,1-3H3,(H,18,20). The predicted molar refractivity (Wildman–Crippen MR) is 82.3 cm³/mol. The van der Waals surface area contributed by atoms with Crippen molar-refractivity contribution in [1.82, 2.24) is 5.32 Å². The lowest BCUT2D eigenvalue weighted by molar-refractivity contribution is -0.122. The fourth-order valence-corrected chi connectivity index (χ4v) is 3.11. The van der Waals surface area contributed by atoms with Gasteiger partial charge >= 0.3 is 0 Å². The number of hydrogen-bond acceptors (Lipinski definition) is 3. The van der Waals surface area contributed by atoms with Crippen LogP contribution >= 0.6 is 0 Å². The topological polar surface area (TPSA) is 75.4 Å². The highest BCUT2D eigenvalue weighted by Crippen LogP contribution is 2.32. The Hall–Kier alpha value is -0.610. The molecule has 4 N–H and O–H groups in total. The molecular weight excluding hydrogens is 252 g/mol. The van der Waals surface area contributed by atoms with Crippen molar-refractivity contribution in [1.29, 1.82) is 0 Å². The van der Waals surface area contributed by atoms with Gasteiger partial charge in [-0.05, 0) is 56.4 Å². The summed E-state index contributed by atoms with van der Waals surface area (Å²) in [7, 11) is 0. The lowest BCUT2D eigenvalue weighted by atomic mass is 9.76. The summed E-state index contributed by atoms with van der Waals surface area (Å²) >= 11 is 0. The van der Waals surface area contributed by atoms with Crippen LogP contribution in [0.15, 0.2) is 0 Å². The average molecular weight is 284 g/mol. The quantitative estimate of drug-likeness (QED) is 0.700. The molecule has 0 saturated heterocycles. The van der Waals surface area contributed by atoms with Gasteiger partial charge in [-0.25, -0.2) is 0 Å². The molecular formula is C16H32N2O2. The van der Waals surface area contributed by atoms with Gasteiger partial charge in [-0.3, -0.25) is 4.79 Å². The van der Waals surface area contributed by atoms with E-state index in [2.05, 4.69) is 26.1 Å². The van der Waals surface area contributed by atoms with Crippen molar-refractivity contribution in [3.8, 4) is 0 Å². The maximum atomic E-state index is 12.0. The third kappa shape index (κ3) is 6.23. The Labute approximate surface area is 123 Å². The van der Waals surface area contributed by atoms with Gasteiger partial charge in [0, 0.05) is 12.5 Å². The molecule has 0 aliphatic heterocycles. The van der Waals surface area contributed by atoms with E-state index in [0.29, 0.717) is 25.3 Å². The van der Waals surface area contributed by atoms with Crippen LogP contribution in [-0.4, -0.2) is 29.7 Å². The summed E-state index contributed by atoms with van der Waals surface area (Å²) in [6.07, 6.45) is 5.76. The van der Waals surface area contributed by atoms with Gasteiger partial charge in [0.25, 0.3) is 0 Å². The molecule has 1 fully saturated rings. The number of nitrogens with two attached hydrogens (primary N) is 1. The zero-order valence-corrected chi connectivity index (χ0v) is 13.3. The van der Waals surface area contributed by atoms with Gasteiger partial charge in [0.15, 0.2) is 0 Å². The normalized spacial score (nSPS) is 25.2. The molecule has 1 rings (SSSR count). The van der Waals surface area contributed by atoms with Crippen LogP contribution in [0.1, 0.15) is 65.7 Å². The molecule has 0 bridgehead atoms. The second kappa shape index (κ2) is 7.99. The highest BCUT2D eigenvalue weighted by molar-refractivity contribution is 5.76. The van der Waals surface area contributed by atoms with Crippen molar-refractivity contribution in [2.24, 2.45) is 17.1 Å². The minimum atomic E-state index is -0.242. The smallest absolute Gasteiger partial charge is 0.220 e. The zero-order valence-electron chi connectivity index (χ0n) is 13.3. The molecule has 3 atom stereocenters. The summed E-state index contributed by atoms with van der Waals surface area (Å²) in [6, 6.07) is 0.161. The third-order valence-corrected chi connectivity index (χ3v) is 4.47. The van der Waals surface area contributed by atoms with Gasteiger partial charge < -0.3 is 16.2 Å². The Morgan fingerprint density at radius 1 is 1.35 bits per heavy atom. The molecule has 118 valence electrons. The summed E-state index contributed by atoms with van der Waals surface area (Å²) in [5, 5.41) is 12.7. The molecule has 0 aromatic rings. The number of amides is 1. The van der Waals surface area contributed by atoms with Crippen molar-refractivity contribution in [3.63, 3.8) is 0 Å². The second-order valence-corrected chi connectivity index (χ2v) is 7.26. The average Bonchev–Trinajstić information content (AvgIpc) is 2.33. The Bertz CT molecular complexity index is 299. The van der Waals surface area contributed by atoms with Crippen molar-refractivity contribution in [2.45, 2.75) is 77.9 Å². The fourth-order valence-electron chi connectivity index (χ4n) is 3.11. The molecule has 1 saturated carbocycles. The number of rotatable bonds is 6. The molecule has 3 unspecified atom stereocenters. The van der Waals surface area contributed by atoms with Gasteiger partial charge in [-0.1, -0.05) is 20.8 Å². The number of carbonyl (C=O) groups excluding carboxylic acids is 1. The van der Waals surface area contributed by atoms with E-state index in [4.69, 9.17) is 5.73 Å². The number of hydrogen-bond donors (Lipinski definition) is 3. The van der Waals surface area contributed by atoms with E-state index in [-0.39, 0.29) is 23.5 Å². The van der Waals surface area contributed by atoms with E-state index < -0.39 is 0 Å². The number of aliphatic hydroxyl groups excluding tert-OH is 1. The number of nitrogens with one attached hydrogen (secondary N) is 1. The van der Waals surface area contributed by atoms with Crippen LogP contribution in [0.25, 0.3) is 0 Å². The highest BCUT2D eigenvalue weighted by Gasteiger charge is 2.25. The Balaban J connectivity index is 2.34. The van der Waals surface area contributed by atoms with E-state index in [1.807, 2.05) is 0 Å². The fraction of sp³-hybridized carbons (Fsp3) is 0.938. The van der Waals surface area contributed by atoms with Crippen molar-refractivity contribution >= 4 is 5.91 Å². The molecule has 4 nitrogen and oxygen atoms in total. The van der Waals surface area contributed by atoms with Crippen molar-refractivity contribution < 1.29 is 9.90 Å². The van der Waals surface area contributed by atoms with E-state index in [0.717, 1.165) is 32.1 Å². The Morgan fingerprint density at radius 2 is 2.05 bits per heavy atom. The SMILES string of the molecule is CC(C)(C)C(CCN)CCC(=O)NC1CCCC(O)C1. The molecule has 0 aromatic carbocycles. The summed E-state index contributed by atoms with van der Waals surface area (Å²) in [4.78, 5) is 12.0. The zero-order chi connectivity index (χ0) is 15.2. The number of carbonyl (C=O) groups is 1. The summed E-state index contributed by atoms with van der Waals surface area (Å²) in [5.74, 6) is 0.602. The molecule has 0 heterocycles. The number of aliphatic hydroxyl groups is 1. The molecule has 1 aliphatic rings. The molecule has 1 amide bonds. The lowest BCUT2D eigenvalue weighted by Gasteiger charge is -2.31. The van der Waals surface area contributed by atoms with Gasteiger partial charge in [0.1, 0.15) is 0 Å². The summed E-state index contributed by atoms with van der Waals surface area (Å²) in [6.45, 7) is 7.31. The molecule has 0 spiro atoms. The Kier molecular flexibility index (Phi) is 6.96. The van der Waals surface area contributed by atoms with Crippen LogP contribution < -0.4 is 11.1 Å². The van der Waals surface area contributed by atoms with Gasteiger partial charge in [0.05, 0.1) is 6.10 Å². The van der Waals surface area contributed by atoms with Crippen molar-refractivity contribution in [3.05, 3.63) is 0 Å². The third-order valence-electron chi connectivity index (χ3n) is 4.47. The Morgan fingerprint density at radius 3 is 2.60 bits per heavy atom. The molecule has 0 aromatic heterocycles. The van der Waals surface area contributed by atoms with Crippen molar-refractivity contribution in [2.75, 3.05) is 6.54 Å². The van der Waals surface area contributed by atoms with E-state index in [9.17, 15) is 9.90 Å². The minimum absolute atomic E-state index is 0.121. The van der Waals surface area contributed by atoms with E-state index >= 15 is 0 Å². The first kappa shape index (κ1) is 17.4. The van der Waals surface area contributed by atoms with E-state index in [1.54, 1.807) is 0 Å².